The van der Waals surface area contributed by atoms with Gasteiger partial charge >= 0.3 is 17.9 Å². The number of carbonyl (C=O) groups is 6. The quantitative estimate of drug-likeness (QED) is 0.198. The highest BCUT2D eigenvalue weighted by molar-refractivity contribution is 5.94. The summed E-state index contributed by atoms with van der Waals surface area (Å²) in [6.45, 7) is 12.2. The van der Waals surface area contributed by atoms with E-state index >= 15 is 0 Å². The number of hydrogen-bond donors (Lipinski definition) is 3. The van der Waals surface area contributed by atoms with Gasteiger partial charge in [-0.1, -0.05) is 91.9 Å². The minimum Gasteiger partial charge on any atom is -0.462 e. The topological polar surface area (TPSA) is 193 Å². The number of ether oxygens (including phenoxy) is 4. The van der Waals surface area contributed by atoms with Crippen LogP contribution in [0.4, 0.5) is 0 Å². The maximum absolute atomic E-state index is 14.5. The van der Waals surface area contributed by atoms with Crippen LogP contribution in [0, 0.1) is 5.92 Å². The standard InChI is InChI=1S/C45H56N4O10/c1-27(37(57-29(3)51)26-56-28(2)50)39(42(55)59-43(4,5)6)47-40(53)36-23-34-25-49(36)41(54)35(46)24-38(52)48-45(31-15-11-9-12-16-31,32-17-13-10-14-18-32)33-21-19-30(20-22-33)44(7,8)58-34/h9-22,27,34-37,39H,23-26,46H2,1-8H3,(H,47,53)(H,48,52)/t27-,34?,35?,36-,37-,39-/m0/s1. The van der Waals surface area contributed by atoms with Crippen molar-refractivity contribution in [3.8, 4) is 0 Å². The molecule has 0 radical (unpaired) electrons. The molecule has 3 aromatic carbocycles. The van der Waals surface area contributed by atoms with Gasteiger partial charge < -0.3 is 40.2 Å². The molecule has 2 unspecified atom stereocenters. The Morgan fingerprint density at radius 3 is 1.95 bits per heavy atom. The summed E-state index contributed by atoms with van der Waals surface area (Å²) >= 11 is 0. The number of nitrogens with zero attached hydrogens (tertiary/aromatic N) is 1. The first kappa shape index (κ1) is 44.5. The molecule has 59 heavy (non-hydrogen) atoms. The molecule has 3 aliphatic heterocycles. The maximum atomic E-state index is 14.5. The smallest absolute Gasteiger partial charge is 0.329 e. The summed E-state index contributed by atoms with van der Waals surface area (Å²) in [6, 6.07) is 22.9. The highest BCUT2D eigenvalue weighted by Crippen LogP contribution is 2.39. The van der Waals surface area contributed by atoms with Crippen LogP contribution in [0.3, 0.4) is 0 Å². The number of fused-ring (bicyclic) bond motifs is 8. The molecule has 0 saturated carbocycles. The average Bonchev–Trinajstić information content (AvgIpc) is 3.59. The van der Waals surface area contributed by atoms with Crippen molar-refractivity contribution in [2.75, 3.05) is 13.2 Å². The molecule has 316 valence electrons. The molecule has 0 aromatic heterocycles. The molecule has 3 aliphatic rings. The monoisotopic (exact) mass is 812 g/mol. The lowest BCUT2D eigenvalue weighted by Gasteiger charge is -2.38. The normalized spacial score (nSPS) is 21.8. The molecule has 4 N–H and O–H groups in total. The number of amides is 3. The zero-order chi connectivity index (χ0) is 43.3. The second-order valence-electron chi connectivity index (χ2n) is 16.7. The Morgan fingerprint density at radius 2 is 1.42 bits per heavy atom. The SMILES string of the molecule is CC(=O)OC[C@H](OC(C)=O)[C@H](C)[C@H](NC(=O)[C@@H]1CC2CN1C(=O)C(N)CC(=O)NC(c1ccccc1)(c1ccccc1)c1ccc(cc1)C(C)(C)O2)C(=O)OC(C)(C)C. The van der Waals surface area contributed by atoms with Crippen molar-refractivity contribution in [1.82, 2.24) is 15.5 Å². The van der Waals surface area contributed by atoms with Gasteiger partial charge in [0.2, 0.25) is 17.7 Å². The fourth-order valence-electron chi connectivity index (χ4n) is 7.77. The van der Waals surface area contributed by atoms with Gasteiger partial charge in [-0.05, 0) is 56.9 Å². The van der Waals surface area contributed by atoms with Crippen molar-refractivity contribution < 1.29 is 47.7 Å². The summed E-state index contributed by atoms with van der Waals surface area (Å²) in [4.78, 5) is 82.0. The van der Waals surface area contributed by atoms with E-state index in [9.17, 15) is 28.8 Å². The Kier molecular flexibility index (Phi) is 13.7. The Hall–Kier alpha value is -5.60. The minimum atomic E-state index is -1.42. The summed E-state index contributed by atoms with van der Waals surface area (Å²) in [5.41, 5.74) is 6.65. The Bertz CT molecular complexity index is 1960. The number of nitrogens with two attached hydrogens (primary N) is 1. The molecule has 0 spiro atoms. The molecule has 14 nitrogen and oxygen atoms in total. The van der Waals surface area contributed by atoms with Crippen LogP contribution in [0.5, 0.6) is 0 Å². The van der Waals surface area contributed by atoms with Crippen LogP contribution in [0.2, 0.25) is 0 Å². The zero-order valence-electron chi connectivity index (χ0n) is 35.0. The molecular weight excluding hydrogens is 757 g/mol. The van der Waals surface area contributed by atoms with Gasteiger partial charge in [-0.15, -0.1) is 0 Å². The van der Waals surface area contributed by atoms with Crippen molar-refractivity contribution >= 4 is 35.6 Å². The number of nitrogens with one attached hydrogen (secondary N) is 2. The second-order valence-corrected chi connectivity index (χ2v) is 16.7. The highest BCUT2D eigenvalue weighted by Gasteiger charge is 2.47. The molecular formula is C45H56N4O10. The lowest BCUT2D eigenvalue weighted by atomic mass is 9.76. The van der Waals surface area contributed by atoms with E-state index in [1.807, 2.05) is 98.8 Å². The van der Waals surface area contributed by atoms with Gasteiger partial charge in [0.05, 0.1) is 24.2 Å². The van der Waals surface area contributed by atoms with Gasteiger partial charge in [-0.2, -0.15) is 0 Å². The molecule has 1 saturated heterocycles. The number of rotatable bonds is 10. The van der Waals surface area contributed by atoms with Gasteiger partial charge in [0.1, 0.15) is 35.9 Å². The second kappa shape index (κ2) is 18.1. The van der Waals surface area contributed by atoms with Crippen molar-refractivity contribution in [3.63, 3.8) is 0 Å². The third-order valence-corrected chi connectivity index (χ3v) is 10.6. The molecule has 1 fully saturated rings. The Labute approximate surface area is 345 Å². The third kappa shape index (κ3) is 10.5. The molecule has 6 atom stereocenters. The first-order valence-corrected chi connectivity index (χ1v) is 19.8. The fourth-order valence-corrected chi connectivity index (χ4v) is 7.77. The van der Waals surface area contributed by atoms with E-state index in [-0.39, 0.29) is 13.0 Å². The van der Waals surface area contributed by atoms with Crippen LogP contribution < -0.4 is 16.4 Å². The summed E-state index contributed by atoms with van der Waals surface area (Å²) in [7, 11) is 0. The number of hydrogen-bond acceptors (Lipinski definition) is 11. The van der Waals surface area contributed by atoms with Crippen molar-refractivity contribution in [2.24, 2.45) is 11.7 Å². The summed E-state index contributed by atoms with van der Waals surface area (Å²) < 4.78 is 23.0. The van der Waals surface area contributed by atoms with E-state index in [2.05, 4.69) is 10.6 Å². The fraction of sp³-hybridized carbons (Fsp3) is 0.467. The maximum Gasteiger partial charge on any atom is 0.329 e. The average molecular weight is 813 g/mol. The van der Waals surface area contributed by atoms with Gasteiger partial charge in [0.25, 0.3) is 0 Å². The van der Waals surface area contributed by atoms with E-state index in [0.29, 0.717) is 0 Å². The summed E-state index contributed by atoms with van der Waals surface area (Å²) in [5.74, 6) is -5.05. The highest BCUT2D eigenvalue weighted by atomic mass is 16.6. The predicted molar refractivity (Wildman–Crippen MR) is 217 cm³/mol. The van der Waals surface area contributed by atoms with Crippen molar-refractivity contribution in [2.45, 2.75) is 115 Å². The zero-order valence-corrected chi connectivity index (χ0v) is 35.0. The van der Waals surface area contributed by atoms with E-state index in [0.717, 1.165) is 22.3 Å². The first-order chi connectivity index (χ1) is 27.7. The lowest BCUT2D eigenvalue weighted by Crippen LogP contribution is -2.58. The van der Waals surface area contributed by atoms with Crippen LogP contribution in [0.1, 0.15) is 90.5 Å². The Balaban J connectivity index is 1.53. The lowest BCUT2D eigenvalue weighted by molar-refractivity contribution is -0.168. The van der Waals surface area contributed by atoms with Crippen molar-refractivity contribution in [1.29, 1.82) is 0 Å². The molecule has 3 aromatic rings. The first-order valence-electron chi connectivity index (χ1n) is 19.8. The summed E-state index contributed by atoms with van der Waals surface area (Å²) in [6.07, 6.45) is -2.21. The summed E-state index contributed by atoms with van der Waals surface area (Å²) in [5, 5.41) is 6.00. The van der Waals surface area contributed by atoms with Crippen LogP contribution in [-0.2, 0) is 58.9 Å². The largest absolute Gasteiger partial charge is 0.462 e. The third-order valence-electron chi connectivity index (χ3n) is 10.6. The molecule has 3 heterocycles. The predicted octanol–water partition coefficient (Wildman–Crippen LogP) is 4.00. The molecule has 0 aliphatic carbocycles. The van der Waals surface area contributed by atoms with Gasteiger partial charge in [-0.25, -0.2) is 4.79 Å². The van der Waals surface area contributed by atoms with E-state index in [1.54, 1.807) is 27.7 Å². The van der Waals surface area contributed by atoms with Crippen LogP contribution in [-0.4, -0.2) is 89.6 Å². The van der Waals surface area contributed by atoms with E-state index in [4.69, 9.17) is 24.7 Å². The molecule has 14 heteroatoms. The van der Waals surface area contributed by atoms with Crippen LogP contribution in [0.25, 0.3) is 0 Å². The van der Waals surface area contributed by atoms with Crippen molar-refractivity contribution in [3.05, 3.63) is 107 Å². The van der Waals surface area contributed by atoms with E-state index in [1.165, 1.54) is 18.7 Å². The van der Waals surface area contributed by atoms with Crippen LogP contribution >= 0.6 is 0 Å². The van der Waals surface area contributed by atoms with Gasteiger partial charge in [0, 0.05) is 32.7 Å². The Morgan fingerprint density at radius 1 is 0.881 bits per heavy atom. The molecule has 3 amide bonds. The number of benzene rings is 3. The van der Waals surface area contributed by atoms with Gasteiger partial charge in [0.15, 0.2) is 0 Å². The number of esters is 3. The minimum absolute atomic E-state index is 0.0272. The van der Waals surface area contributed by atoms with Gasteiger partial charge in [-0.3, -0.25) is 24.0 Å². The molecule has 6 rings (SSSR count). The molecule has 4 bridgehead atoms. The number of carbonyl (C=O) groups excluding carboxylic acids is 6. The van der Waals surface area contributed by atoms with E-state index < -0.39 is 102 Å². The van der Waals surface area contributed by atoms with Crippen LogP contribution in [0.15, 0.2) is 84.9 Å².